The largest absolute Gasteiger partial charge is 0.448 e. The number of hydrogen-bond donors (Lipinski definition) is 2. The number of amides is 2. The Labute approximate surface area is 155 Å². The Morgan fingerprint density at radius 3 is 2.85 bits per heavy atom. The van der Waals surface area contributed by atoms with Crippen LogP contribution in [0, 0.1) is 6.92 Å². The fourth-order valence-electron chi connectivity index (χ4n) is 3.34. The summed E-state index contributed by atoms with van der Waals surface area (Å²) in [5.41, 5.74) is 3.04. The number of aromatic amines is 1. The highest BCUT2D eigenvalue weighted by Gasteiger charge is 2.32. The van der Waals surface area contributed by atoms with E-state index in [1.165, 1.54) is 24.4 Å². The molecule has 2 N–H and O–H groups in total. The molecule has 0 spiro atoms. The summed E-state index contributed by atoms with van der Waals surface area (Å²) in [4.78, 5) is 31.1. The molecule has 0 aliphatic carbocycles. The van der Waals surface area contributed by atoms with Gasteiger partial charge in [-0.1, -0.05) is 24.3 Å². The van der Waals surface area contributed by atoms with Crippen LogP contribution in [0.5, 0.6) is 0 Å². The van der Waals surface area contributed by atoms with Gasteiger partial charge in [-0.2, -0.15) is 5.10 Å². The average Bonchev–Trinajstić information content (AvgIpc) is 3.36. The zero-order chi connectivity index (χ0) is 18.8. The maximum Gasteiger partial charge on any atom is 0.276 e. The molecule has 2 aromatic heterocycles. The Hall–Kier alpha value is -3.42. The summed E-state index contributed by atoms with van der Waals surface area (Å²) in [6.45, 7) is 2.52. The van der Waals surface area contributed by atoms with Crippen molar-refractivity contribution in [1.82, 2.24) is 25.4 Å². The van der Waals surface area contributed by atoms with Gasteiger partial charge < -0.3 is 14.6 Å². The Morgan fingerprint density at radius 2 is 2.15 bits per heavy atom. The molecular formula is C19H19N5O3. The summed E-state index contributed by atoms with van der Waals surface area (Å²) in [5.74, 6) is 0.0611. The fraction of sp³-hybridized carbons (Fsp3) is 0.263. The summed E-state index contributed by atoms with van der Waals surface area (Å²) in [7, 11) is 0. The quantitative estimate of drug-likeness (QED) is 0.732. The summed E-state index contributed by atoms with van der Waals surface area (Å²) in [5, 5.41) is 9.30. The van der Waals surface area contributed by atoms with Crippen molar-refractivity contribution >= 4 is 11.8 Å². The SMILES string of the molecule is Cc1ocnc1C(=O)N1Cc2ccccc2CC1CNC(=O)c1cn[nH]c1. The maximum absolute atomic E-state index is 13.1. The van der Waals surface area contributed by atoms with Gasteiger partial charge in [-0.3, -0.25) is 14.7 Å². The first-order valence-electron chi connectivity index (χ1n) is 8.68. The molecule has 0 bridgehead atoms. The van der Waals surface area contributed by atoms with Gasteiger partial charge in [-0.05, 0) is 24.5 Å². The van der Waals surface area contributed by atoms with Crippen LogP contribution in [0.2, 0.25) is 0 Å². The van der Waals surface area contributed by atoms with Crippen molar-refractivity contribution in [2.24, 2.45) is 0 Å². The highest BCUT2D eigenvalue weighted by molar-refractivity contribution is 5.94. The first-order chi connectivity index (χ1) is 13.1. The van der Waals surface area contributed by atoms with Crippen LogP contribution in [-0.4, -0.2) is 44.5 Å². The zero-order valence-corrected chi connectivity index (χ0v) is 14.8. The average molecular weight is 365 g/mol. The lowest BCUT2D eigenvalue weighted by Crippen LogP contribution is -2.50. The van der Waals surface area contributed by atoms with Crippen LogP contribution < -0.4 is 5.32 Å². The minimum absolute atomic E-state index is 0.181. The van der Waals surface area contributed by atoms with E-state index in [2.05, 4.69) is 26.6 Å². The Bertz CT molecular complexity index is 963. The molecule has 0 saturated carbocycles. The normalized spacial score (nSPS) is 16.0. The minimum atomic E-state index is -0.229. The van der Waals surface area contributed by atoms with Crippen molar-refractivity contribution in [3.8, 4) is 0 Å². The van der Waals surface area contributed by atoms with Gasteiger partial charge >= 0.3 is 0 Å². The van der Waals surface area contributed by atoms with E-state index in [4.69, 9.17) is 4.42 Å². The van der Waals surface area contributed by atoms with Crippen molar-refractivity contribution < 1.29 is 14.0 Å². The van der Waals surface area contributed by atoms with E-state index in [1.807, 2.05) is 18.2 Å². The lowest BCUT2D eigenvalue weighted by Gasteiger charge is -2.36. The number of rotatable bonds is 4. The third-order valence-corrected chi connectivity index (χ3v) is 4.82. The molecule has 8 heteroatoms. The lowest BCUT2D eigenvalue weighted by atomic mass is 9.93. The number of nitrogens with one attached hydrogen (secondary N) is 2. The van der Waals surface area contributed by atoms with E-state index < -0.39 is 0 Å². The third-order valence-electron chi connectivity index (χ3n) is 4.82. The van der Waals surface area contributed by atoms with E-state index in [1.54, 1.807) is 11.8 Å². The molecule has 0 fully saturated rings. The van der Waals surface area contributed by atoms with Gasteiger partial charge in [-0.15, -0.1) is 0 Å². The van der Waals surface area contributed by atoms with Crippen molar-refractivity contribution in [1.29, 1.82) is 0 Å². The molecule has 1 aliphatic rings. The summed E-state index contributed by atoms with van der Waals surface area (Å²) in [6.07, 6.45) is 4.93. The molecule has 8 nitrogen and oxygen atoms in total. The third kappa shape index (κ3) is 3.33. The number of carbonyl (C=O) groups excluding carboxylic acids is 2. The van der Waals surface area contributed by atoms with E-state index in [0.29, 0.717) is 36.5 Å². The predicted molar refractivity (Wildman–Crippen MR) is 96.0 cm³/mol. The number of benzene rings is 1. The molecule has 4 rings (SSSR count). The molecular weight excluding hydrogens is 346 g/mol. The van der Waals surface area contributed by atoms with Gasteiger partial charge in [0.15, 0.2) is 12.1 Å². The van der Waals surface area contributed by atoms with Gasteiger partial charge in [-0.25, -0.2) is 4.98 Å². The van der Waals surface area contributed by atoms with Crippen LogP contribution >= 0.6 is 0 Å². The van der Waals surface area contributed by atoms with Gasteiger partial charge in [0.2, 0.25) is 0 Å². The topological polar surface area (TPSA) is 104 Å². The molecule has 138 valence electrons. The van der Waals surface area contributed by atoms with Crippen LogP contribution in [0.4, 0.5) is 0 Å². The number of nitrogens with zero attached hydrogens (tertiary/aromatic N) is 3. The monoisotopic (exact) mass is 365 g/mol. The van der Waals surface area contributed by atoms with Crippen molar-refractivity contribution in [3.05, 3.63) is 71.2 Å². The van der Waals surface area contributed by atoms with E-state index in [-0.39, 0.29) is 17.9 Å². The van der Waals surface area contributed by atoms with Gasteiger partial charge in [0.1, 0.15) is 5.76 Å². The molecule has 2 amide bonds. The number of hydrogen-bond acceptors (Lipinski definition) is 5. The number of H-pyrrole nitrogens is 1. The molecule has 0 radical (unpaired) electrons. The Balaban J connectivity index is 1.57. The maximum atomic E-state index is 13.1. The second-order valence-electron chi connectivity index (χ2n) is 6.51. The van der Waals surface area contributed by atoms with Crippen LogP contribution in [0.15, 0.2) is 47.5 Å². The fourth-order valence-corrected chi connectivity index (χ4v) is 3.34. The van der Waals surface area contributed by atoms with E-state index in [9.17, 15) is 9.59 Å². The predicted octanol–water partition coefficient (Wildman–Crippen LogP) is 1.70. The summed E-state index contributed by atoms with van der Waals surface area (Å²) >= 11 is 0. The standard InChI is InChI=1S/C19H19N5O3/c1-12-17(21-11-27-12)19(26)24-10-14-5-3-2-4-13(14)6-16(24)9-20-18(25)15-7-22-23-8-15/h2-5,7-8,11,16H,6,9-10H2,1H3,(H,20,25)(H,22,23). The highest BCUT2D eigenvalue weighted by atomic mass is 16.3. The Morgan fingerprint density at radius 1 is 1.33 bits per heavy atom. The second kappa shape index (κ2) is 7.06. The van der Waals surface area contributed by atoms with E-state index in [0.717, 1.165) is 5.56 Å². The van der Waals surface area contributed by atoms with Crippen LogP contribution in [0.3, 0.4) is 0 Å². The van der Waals surface area contributed by atoms with Gasteiger partial charge in [0.25, 0.3) is 11.8 Å². The number of aromatic nitrogens is 3. The highest BCUT2D eigenvalue weighted by Crippen LogP contribution is 2.25. The molecule has 3 aromatic rings. The molecule has 1 aliphatic heterocycles. The minimum Gasteiger partial charge on any atom is -0.448 e. The number of carbonyl (C=O) groups is 2. The molecule has 0 saturated heterocycles. The lowest BCUT2D eigenvalue weighted by molar-refractivity contribution is 0.0621. The number of fused-ring (bicyclic) bond motifs is 1. The van der Waals surface area contributed by atoms with Crippen molar-refractivity contribution in [2.45, 2.75) is 25.9 Å². The van der Waals surface area contributed by atoms with Crippen molar-refractivity contribution in [3.63, 3.8) is 0 Å². The molecule has 27 heavy (non-hydrogen) atoms. The number of oxazole rings is 1. The Kier molecular flexibility index (Phi) is 4.45. The van der Waals surface area contributed by atoms with Crippen LogP contribution in [-0.2, 0) is 13.0 Å². The molecule has 1 aromatic carbocycles. The van der Waals surface area contributed by atoms with Gasteiger partial charge in [0.05, 0.1) is 17.8 Å². The molecule has 1 unspecified atom stereocenters. The summed E-state index contributed by atoms with van der Waals surface area (Å²) in [6, 6.07) is 7.84. The van der Waals surface area contributed by atoms with Crippen LogP contribution in [0.1, 0.15) is 37.7 Å². The molecule has 1 atom stereocenters. The smallest absolute Gasteiger partial charge is 0.276 e. The summed E-state index contributed by atoms with van der Waals surface area (Å²) < 4.78 is 5.19. The van der Waals surface area contributed by atoms with Gasteiger partial charge in [0, 0.05) is 19.3 Å². The van der Waals surface area contributed by atoms with Crippen LogP contribution in [0.25, 0.3) is 0 Å². The molecule has 3 heterocycles. The van der Waals surface area contributed by atoms with E-state index >= 15 is 0 Å². The second-order valence-corrected chi connectivity index (χ2v) is 6.51. The van der Waals surface area contributed by atoms with Crippen molar-refractivity contribution in [2.75, 3.05) is 6.54 Å². The zero-order valence-electron chi connectivity index (χ0n) is 14.8. The number of aryl methyl sites for hydroxylation is 1. The first-order valence-corrected chi connectivity index (χ1v) is 8.68. The first kappa shape index (κ1) is 17.0.